The summed E-state index contributed by atoms with van der Waals surface area (Å²) in [4.78, 5) is 6.70. The molecule has 0 atom stereocenters. The Labute approximate surface area is 115 Å². The molecule has 0 unspecified atom stereocenters. The Hall–Kier alpha value is -1.87. The van der Waals surface area contributed by atoms with Crippen LogP contribution in [0.3, 0.4) is 0 Å². The Morgan fingerprint density at radius 1 is 1.05 bits per heavy atom. The summed E-state index contributed by atoms with van der Waals surface area (Å²) >= 11 is 0. The monoisotopic (exact) mass is 255 g/mol. The predicted molar refractivity (Wildman–Crippen MR) is 80.8 cm³/mol. The van der Waals surface area contributed by atoms with Gasteiger partial charge in [-0.05, 0) is 56.6 Å². The Balaban J connectivity index is 2.32. The number of nitrogens with two attached hydrogens (primary N) is 1. The van der Waals surface area contributed by atoms with Crippen LogP contribution in [0.25, 0.3) is 0 Å². The van der Waals surface area contributed by atoms with Gasteiger partial charge in [0.25, 0.3) is 0 Å². The maximum atomic E-state index is 5.64. The summed E-state index contributed by atoms with van der Waals surface area (Å²) in [5.74, 6) is 0.984. The van der Waals surface area contributed by atoms with Gasteiger partial charge in [-0.1, -0.05) is 17.7 Å². The molecule has 0 aliphatic rings. The zero-order chi connectivity index (χ0) is 13.7. The van der Waals surface area contributed by atoms with Crippen molar-refractivity contribution in [1.82, 2.24) is 4.98 Å². The highest BCUT2D eigenvalue weighted by Gasteiger charge is 2.09. The minimum atomic E-state index is 0.689. The third-order valence-corrected chi connectivity index (χ3v) is 3.11. The van der Waals surface area contributed by atoms with Crippen molar-refractivity contribution in [3.05, 3.63) is 53.7 Å². The van der Waals surface area contributed by atoms with Crippen LogP contribution < -0.4 is 10.6 Å². The maximum absolute atomic E-state index is 5.64. The molecule has 0 amide bonds. The van der Waals surface area contributed by atoms with Crippen molar-refractivity contribution >= 4 is 11.5 Å². The number of benzene rings is 1. The normalized spacial score (nSPS) is 10.5. The molecule has 3 nitrogen and oxygen atoms in total. The third-order valence-electron chi connectivity index (χ3n) is 3.11. The molecule has 0 aliphatic carbocycles. The van der Waals surface area contributed by atoms with Crippen LogP contribution in [0.1, 0.15) is 17.5 Å². The molecule has 0 saturated carbocycles. The first-order valence-corrected chi connectivity index (χ1v) is 6.67. The Bertz CT molecular complexity index is 520. The molecule has 0 radical (unpaired) electrons. The van der Waals surface area contributed by atoms with E-state index in [2.05, 4.69) is 54.1 Å². The number of pyridine rings is 1. The van der Waals surface area contributed by atoms with Crippen LogP contribution in [0.5, 0.6) is 0 Å². The molecule has 2 N–H and O–H groups in total. The third kappa shape index (κ3) is 3.55. The fourth-order valence-electron chi connectivity index (χ4n) is 2.02. The van der Waals surface area contributed by atoms with Gasteiger partial charge < -0.3 is 10.6 Å². The van der Waals surface area contributed by atoms with Gasteiger partial charge in [0.1, 0.15) is 5.82 Å². The van der Waals surface area contributed by atoms with Crippen molar-refractivity contribution in [1.29, 1.82) is 0 Å². The van der Waals surface area contributed by atoms with Crippen LogP contribution in [-0.4, -0.2) is 18.1 Å². The van der Waals surface area contributed by atoms with Crippen LogP contribution in [0.2, 0.25) is 0 Å². The zero-order valence-corrected chi connectivity index (χ0v) is 11.6. The van der Waals surface area contributed by atoms with E-state index in [1.54, 1.807) is 0 Å². The summed E-state index contributed by atoms with van der Waals surface area (Å²) in [5.41, 5.74) is 9.29. The maximum Gasteiger partial charge on any atom is 0.133 e. The standard InChI is InChI=1S/C16H21N3/c1-13-4-6-15(7-5-13)19(11-3-9-17)16-12-14(2)8-10-18-16/h4-8,10,12H,3,9,11,17H2,1-2H3. The van der Waals surface area contributed by atoms with Crippen molar-refractivity contribution in [2.75, 3.05) is 18.0 Å². The molecule has 2 rings (SSSR count). The highest BCUT2D eigenvalue weighted by Crippen LogP contribution is 2.24. The number of aryl methyl sites for hydroxylation is 2. The van der Waals surface area contributed by atoms with E-state index >= 15 is 0 Å². The number of hydrogen-bond donors (Lipinski definition) is 1. The lowest BCUT2D eigenvalue weighted by atomic mass is 10.2. The summed E-state index contributed by atoms with van der Waals surface area (Å²) in [6.07, 6.45) is 2.80. The number of rotatable bonds is 5. The number of nitrogens with zero attached hydrogens (tertiary/aromatic N) is 2. The fourth-order valence-corrected chi connectivity index (χ4v) is 2.02. The average Bonchev–Trinajstić information content (AvgIpc) is 2.41. The van der Waals surface area contributed by atoms with Gasteiger partial charge in [-0.15, -0.1) is 0 Å². The molecule has 2 aromatic rings. The minimum absolute atomic E-state index is 0.689. The van der Waals surface area contributed by atoms with Gasteiger partial charge >= 0.3 is 0 Å². The second kappa shape index (κ2) is 6.34. The summed E-state index contributed by atoms with van der Waals surface area (Å²) in [7, 11) is 0. The van der Waals surface area contributed by atoms with Gasteiger partial charge in [0.05, 0.1) is 0 Å². The predicted octanol–water partition coefficient (Wildman–Crippen LogP) is 3.19. The molecule has 1 aromatic heterocycles. The molecule has 100 valence electrons. The molecular weight excluding hydrogens is 234 g/mol. The van der Waals surface area contributed by atoms with Gasteiger partial charge in [0.2, 0.25) is 0 Å². The van der Waals surface area contributed by atoms with Crippen molar-refractivity contribution < 1.29 is 0 Å². The van der Waals surface area contributed by atoms with Crippen molar-refractivity contribution in [3.63, 3.8) is 0 Å². The first-order chi connectivity index (χ1) is 9.20. The van der Waals surface area contributed by atoms with E-state index < -0.39 is 0 Å². The number of anilines is 2. The number of hydrogen-bond acceptors (Lipinski definition) is 3. The Morgan fingerprint density at radius 3 is 2.42 bits per heavy atom. The van der Waals surface area contributed by atoms with Crippen LogP contribution in [0.4, 0.5) is 11.5 Å². The van der Waals surface area contributed by atoms with E-state index in [1.807, 2.05) is 12.3 Å². The highest BCUT2D eigenvalue weighted by molar-refractivity contribution is 5.60. The van der Waals surface area contributed by atoms with Gasteiger partial charge in [0, 0.05) is 18.4 Å². The van der Waals surface area contributed by atoms with Crippen LogP contribution >= 0.6 is 0 Å². The lowest BCUT2D eigenvalue weighted by molar-refractivity contribution is 0.809. The van der Waals surface area contributed by atoms with Crippen molar-refractivity contribution in [2.24, 2.45) is 5.73 Å². The molecular formula is C16H21N3. The molecule has 3 heteroatoms. The van der Waals surface area contributed by atoms with E-state index in [1.165, 1.54) is 11.1 Å². The van der Waals surface area contributed by atoms with Crippen LogP contribution in [0.15, 0.2) is 42.6 Å². The van der Waals surface area contributed by atoms with Crippen LogP contribution in [0, 0.1) is 13.8 Å². The Kier molecular flexibility index (Phi) is 4.53. The lowest BCUT2D eigenvalue weighted by Gasteiger charge is -2.24. The smallest absolute Gasteiger partial charge is 0.133 e. The minimum Gasteiger partial charge on any atom is -0.330 e. The summed E-state index contributed by atoms with van der Waals surface area (Å²) in [6.45, 7) is 5.75. The molecule has 0 bridgehead atoms. The molecule has 0 spiro atoms. The van der Waals surface area contributed by atoms with E-state index in [4.69, 9.17) is 5.73 Å². The van der Waals surface area contributed by atoms with E-state index in [0.717, 1.165) is 24.5 Å². The van der Waals surface area contributed by atoms with Gasteiger partial charge in [-0.2, -0.15) is 0 Å². The molecule has 1 aromatic carbocycles. The number of aromatic nitrogens is 1. The quantitative estimate of drug-likeness (QED) is 0.892. The largest absolute Gasteiger partial charge is 0.330 e. The van der Waals surface area contributed by atoms with E-state index in [0.29, 0.717) is 6.54 Å². The first-order valence-electron chi connectivity index (χ1n) is 6.67. The summed E-state index contributed by atoms with van der Waals surface area (Å²) < 4.78 is 0. The van der Waals surface area contributed by atoms with Gasteiger partial charge in [0.15, 0.2) is 0 Å². The van der Waals surface area contributed by atoms with Crippen LogP contribution in [-0.2, 0) is 0 Å². The van der Waals surface area contributed by atoms with Gasteiger partial charge in [-0.3, -0.25) is 0 Å². The average molecular weight is 255 g/mol. The summed E-state index contributed by atoms with van der Waals surface area (Å²) in [5, 5.41) is 0. The van der Waals surface area contributed by atoms with Gasteiger partial charge in [-0.25, -0.2) is 4.98 Å². The molecule has 0 fully saturated rings. The highest BCUT2D eigenvalue weighted by atomic mass is 15.2. The second-order valence-electron chi connectivity index (χ2n) is 4.82. The molecule has 19 heavy (non-hydrogen) atoms. The van der Waals surface area contributed by atoms with E-state index in [-0.39, 0.29) is 0 Å². The Morgan fingerprint density at radius 2 is 1.79 bits per heavy atom. The fraction of sp³-hybridized carbons (Fsp3) is 0.312. The van der Waals surface area contributed by atoms with Crippen molar-refractivity contribution in [3.8, 4) is 0 Å². The first kappa shape index (κ1) is 13.6. The molecule has 0 saturated heterocycles. The lowest BCUT2D eigenvalue weighted by Crippen LogP contribution is -2.21. The van der Waals surface area contributed by atoms with Crippen molar-refractivity contribution in [2.45, 2.75) is 20.3 Å². The molecule has 0 aliphatic heterocycles. The SMILES string of the molecule is Cc1ccc(N(CCCN)c2cc(C)ccn2)cc1. The second-order valence-corrected chi connectivity index (χ2v) is 4.82. The van der Waals surface area contributed by atoms with E-state index in [9.17, 15) is 0 Å². The zero-order valence-electron chi connectivity index (χ0n) is 11.6. The topological polar surface area (TPSA) is 42.1 Å². The molecule has 1 heterocycles. The summed E-state index contributed by atoms with van der Waals surface area (Å²) in [6, 6.07) is 12.6.